The number of rotatable bonds is 11. The average Bonchev–Trinajstić information content (AvgIpc) is 3.56. The Morgan fingerprint density at radius 1 is 1.08 bits per heavy atom. The summed E-state index contributed by atoms with van der Waals surface area (Å²) in [6, 6.07) is 9.18. The number of aliphatic hydroxyl groups excluding tert-OH is 1. The minimum atomic E-state index is -0.588. The van der Waals surface area contributed by atoms with E-state index in [-0.39, 0.29) is 29.6 Å². The van der Waals surface area contributed by atoms with Gasteiger partial charge in [0.15, 0.2) is 0 Å². The molecule has 2 unspecified atom stereocenters. The molecule has 2 bridgehead atoms. The van der Waals surface area contributed by atoms with Crippen molar-refractivity contribution in [1.29, 1.82) is 0 Å². The molecule has 9 nitrogen and oxygen atoms in total. The molecule has 5 rings (SSSR count). The summed E-state index contributed by atoms with van der Waals surface area (Å²) < 4.78 is 4.84. The molecule has 10 heteroatoms. The highest BCUT2D eigenvalue weighted by atomic mass is 32.2. The van der Waals surface area contributed by atoms with E-state index in [4.69, 9.17) is 4.74 Å². The van der Waals surface area contributed by atoms with Crippen molar-refractivity contribution >= 4 is 29.5 Å². The maximum absolute atomic E-state index is 13.9. The number of thioether (sulfide) groups is 1. The van der Waals surface area contributed by atoms with E-state index in [2.05, 4.69) is 15.5 Å². The van der Waals surface area contributed by atoms with Crippen LogP contribution in [0.3, 0.4) is 0 Å². The molecule has 202 valence electrons. The third kappa shape index (κ3) is 5.26. The average molecular weight is 531 g/mol. The molecule has 0 aromatic heterocycles. The van der Waals surface area contributed by atoms with Crippen LogP contribution in [0, 0.1) is 11.8 Å². The fourth-order valence-electron chi connectivity index (χ4n) is 6.55. The SMILES string of the molecule is O=C(NCCN1CCOCC1)C1N(CCCCO)C(=O)[C@@H]2[C@H](C(=O)NCc3ccccc3)[C@@H]3CCC12S3. The highest BCUT2D eigenvalue weighted by molar-refractivity contribution is 8.02. The van der Waals surface area contributed by atoms with Gasteiger partial charge in [0.25, 0.3) is 0 Å². The third-order valence-electron chi connectivity index (χ3n) is 8.30. The Balaban J connectivity index is 1.30. The Hall–Kier alpha value is -2.14. The Labute approximate surface area is 222 Å². The highest BCUT2D eigenvalue weighted by Gasteiger charge is 2.73. The van der Waals surface area contributed by atoms with Crippen LogP contribution in [0.2, 0.25) is 0 Å². The zero-order valence-electron chi connectivity index (χ0n) is 21.3. The molecule has 3 N–H and O–H groups in total. The lowest BCUT2D eigenvalue weighted by Gasteiger charge is -2.34. The van der Waals surface area contributed by atoms with Crippen molar-refractivity contribution in [1.82, 2.24) is 20.4 Å². The lowest BCUT2D eigenvalue weighted by atomic mass is 9.70. The summed E-state index contributed by atoms with van der Waals surface area (Å²) in [6.07, 6.45) is 2.80. The molecule has 37 heavy (non-hydrogen) atoms. The van der Waals surface area contributed by atoms with Gasteiger partial charge >= 0.3 is 0 Å². The summed E-state index contributed by atoms with van der Waals surface area (Å²) in [5, 5.41) is 15.5. The largest absolute Gasteiger partial charge is 0.396 e. The summed E-state index contributed by atoms with van der Waals surface area (Å²) in [5.41, 5.74) is 1.02. The van der Waals surface area contributed by atoms with Gasteiger partial charge < -0.3 is 25.4 Å². The van der Waals surface area contributed by atoms with E-state index in [9.17, 15) is 19.5 Å². The first-order valence-corrected chi connectivity index (χ1v) is 14.4. The van der Waals surface area contributed by atoms with E-state index >= 15 is 0 Å². The maximum Gasteiger partial charge on any atom is 0.244 e. The summed E-state index contributed by atoms with van der Waals surface area (Å²) in [6.45, 7) is 5.29. The second-order valence-corrected chi connectivity index (χ2v) is 12.1. The number of morpholine rings is 1. The molecule has 4 heterocycles. The van der Waals surface area contributed by atoms with Crippen molar-refractivity contribution in [3.8, 4) is 0 Å². The molecular formula is C27H38N4O5S. The van der Waals surface area contributed by atoms with Gasteiger partial charge in [-0.05, 0) is 31.2 Å². The van der Waals surface area contributed by atoms with Crippen LogP contribution in [0.5, 0.6) is 0 Å². The van der Waals surface area contributed by atoms with Gasteiger partial charge in [-0.15, -0.1) is 11.8 Å². The second kappa shape index (κ2) is 11.7. The number of nitrogens with one attached hydrogen (secondary N) is 2. The van der Waals surface area contributed by atoms with Crippen LogP contribution in [-0.2, 0) is 25.7 Å². The zero-order valence-corrected chi connectivity index (χ0v) is 22.1. The lowest BCUT2D eigenvalue weighted by molar-refractivity contribution is -0.140. The van der Waals surface area contributed by atoms with Crippen LogP contribution >= 0.6 is 11.8 Å². The van der Waals surface area contributed by atoms with Crippen LogP contribution in [-0.4, -0.2) is 101 Å². The van der Waals surface area contributed by atoms with E-state index in [1.165, 1.54) is 0 Å². The number of unbranched alkanes of at least 4 members (excludes halogenated alkanes) is 1. The van der Waals surface area contributed by atoms with Gasteiger partial charge in [-0.1, -0.05) is 30.3 Å². The van der Waals surface area contributed by atoms with Crippen molar-refractivity contribution in [2.75, 3.05) is 52.5 Å². The van der Waals surface area contributed by atoms with Crippen molar-refractivity contribution < 1.29 is 24.2 Å². The van der Waals surface area contributed by atoms with Crippen LogP contribution in [0.15, 0.2) is 30.3 Å². The molecule has 3 amide bonds. The summed E-state index contributed by atoms with van der Waals surface area (Å²) in [5.74, 6) is -1.21. The predicted octanol–water partition coefficient (Wildman–Crippen LogP) is 0.615. The third-order valence-corrected chi connectivity index (χ3v) is 10.3. The van der Waals surface area contributed by atoms with Crippen molar-refractivity contribution in [3.05, 3.63) is 35.9 Å². The zero-order chi connectivity index (χ0) is 25.8. The molecule has 1 aromatic carbocycles. The molecule has 1 aromatic rings. The number of hydrogen-bond acceptors (Lipinski definition) is 7. The molecular weight excluding hydrogens is 492 g/mol. The minimum absolute atomic E-state index is 0.0490. The number of likely N-dealkylation sites (tertiary alicyclic amines) is 1. The second-order valence-electron chi connectivity index (χ2n) is 10.5. The standard InChI is InChI=1S/C27H38N4O5S/c32-15-5-4-11-31-23(25(34)28-10-12-30-13-16-36-17-14-30)27-9-8-20(37-27)21(22(27)26(31)35)24(33)29-18-19-6-2-1-3-7-19/h1-3,6-7,20-23,32H,4-5,8-18H2,(H,28,34)(H,29,33)/t20-,21+,22-,23?,27?/m0/s1. The Morgan fingerprint density at radius 3 is 2.62 bits per heavy atom. The number of fused-ring (bicyclic) bond motifs is 1. The number of benzene rings is 1. The minimum Gasteiger partial charge on any atom is -0.396 e. The molecule has 1 spiro atoms. The molecule has 0 saturated carbocycles. The number of hydrogen-bond donors (Lipinski definition) is 3. The number of amides is 3. The number of carbonyl (C=O) groups is 3. The molecule has 0 radical (unpaired) electrons. The van der Waals surface area contributed by atoms with Gasteiger partial charge in [0, 0.05) is 51.1 Å². The van der Waals surface area contributed by atoms with Gasteiger partial charge in [-0.3, -0.25) is 19.3 Å². The van der Waals surface area contributed by atoms with E-state index in [1.54, 1.807) is 16.7 Å². The van der Waals surface area contributed by atoms with E-state index < -0.39 is 22.6 Å². The van der Waals surface area contributed by atoms with Crippen molar-refractivity contribution in [2.24, 2.45) is 11.8 Å². The Bertz CT molecular complexity index is 975. The fourth-order valence-corrected chi connectivity index (χ4v) is 8.77. The molecule has 4 aliphatic rings. The number of aliphatic hydroxyl groups is 1. The predicted molar refractivity (Wildman–Crippen MR) is 141 cm³/mol. The first-order chi connectivity index (χ1) is 18.0. The first-order valence-electron chi connectivity index (χ1n) is 13.5. The van der Waals surface area contributed by atoms with E-state index in [0.29, 0.717) is 45.7 Å². The first kappa shape index (κ1) is 26.5. The monoisotopic (exact) mass is 530 g/mol. The smallest absolute Gasteiger partial charge is 0.244 e. The molecule has 4 aliphatic heterocycles. The topological polar surface area (TPSA) is 111 Å². The van der Waals surface area contributed by atoms with Crippen molar-refractivity contribution in [2.45, 2.75) is 48.3 Å². The molecule has 0 aliphatic carbocycles. The van der Waals surface area contributed by atoms with Gasteiger partial charge in [0.1, 0.15) is 6.04 Å². The van der Waals surface area contributed by atoms with E-state index in [0.717, 1.165) is 38.0 Å². The van der Waals surface area contributed by atoms with Gasteiger partial charge in [-0.2, -0.15) is 0 Å². The van der Waals surface area contributed by atoms with Gasteiger partial charge in [0.2, 0.25) is 17.7 Å². The lowest BCUT2D eigenvalue weighted by Crippen LogP contribution is -2.54. The van der Waals surface area contributed by atoms with Crippen LogP contribution < -0.4 is 10.6 Å². The van der Waals surface area contributed by atoms with Crippen molar-refractivity contribution in [3.63, 3.8) is 0 Å². The van der Waals surface area contributed by atoms with Crippen LogP contribution in [0.25, 0.3) is 0 Å². The quantitative estimate of drug-likeness (QED) is 0.360. The highest BCUT2D eigenvalue weighted by Crippen LogP contribution is 2.66. The van der Waals surface area contributed by atoms with Crippen LogP contribution in [0.1, 0.15) is 31.2 Å². The number of nitrogens with zero attached hydrogens (tertiary/aromatic N) is 2. The molecule has 5 atom stereocenters. The Morgan fingerprint density at radius 2 is 1.86 bits per heavy atom. The molecule has 4 fully saturated rings. The van der Waals surface area contributed by atoms with Gasteiger partial charge in [-0.25, -0.2) is 0 Å². The molecule has 4 saturated heterocycles. The Kier molecular flexibility index (Phi) is 8.38. The number of ether oxygens (including phenoxy) is 1. The summed E-state index contributed by atoms with van der Waals surface area (Å²) in [7, 11) is 0. The van der Waals surface area contributed by atoms with Crippen LogP contribution in [0.4, 0.5) is 0 Å². The normalized spacial score (nSPS) is 30.9. The fraction of sp³-hybridized carbons (Fsp3) is 0.667. The maximum atomic E-state index is 13.9. The van der Waals surface area contributed by atoms with E-state index in [1.807, 2.05) is 30.3 Å². The summed E-state index contributed by atoms with van der Waals surface area (Å²) >= 11 is 1.69. The number of carbonyl (C=O) groups excluding carboxylic acids is 3. The summed E-state index contributed by atoms with van der Waals surface area (Å²) in [4.78, 5) is 45.0. The van der Waals surface area contributed by atoms with Gasteiger partial charge in [0.05, 0.1) is 29.8 Å².